The van der Waals surface area contributed by atoms with Crippen LogP contribution in [0, 0.1) is 11.3 Å². The maximum Gasteiger partial charge on any atom is 0.0591 e. The fraction of sp³-hybridized carbons (Fsp3) is 1.00. The molecule has 0 heterocycles. The number of hydrogen-bond donors (Lipinski definition) is 1. The van der Waals surface area contributed by atoms with E-state index in [1.54, 1.807) is 0 Å². The van der Waals surface area contributed by atoms with Gasteiger partial charge in [-0.1, -0.05) is 13.8 Å². The second-order valence-electron chi connectivity index (χ2n) is 6.41. The van der Waals surface area contributed by atoms with Crippen LogP contribution in [-0.2, 0) is 4.74 Å². The molecule has 0 atom stereocenters. The number of ether oxygens (including phenoxy) is 1. The van der Waals surface area contributed by atoms with Gasteiger partial charge in [-0.2, -0.15) is 0 Å². The van der Waals surface area contributed by atoms with E-state index in [2.05, 4.69) is 19.2 Å². The van der Waals surface area contributed by atoms with Gasteiger partial charge in [0.05, 0.1) is 6.61 Å². The van der Waals surface area contributed by atoms with E-state index in [0.29, 0.717) is 5.41 Å². The van der Waals surface area contributed by atoms with Crippen LogP contribution in [0.15, 0.2) is 0 Å². The lowest BCUT2D eigenvalue weighted by molar-refractivity contribution is 0.119. The Morgan fingerprint density at radius 3 is 2.44 bits per heavy atom. The van der Waals surface area contributed by atoms with Gasteiger partial charge in [-0.3, -0.25) is 0 Å². The van der Waals surface area contributed by atoms with Gasteiger partial charge in [0.1, 0.15) is 0 Å². The summed E-state index contributed by atoms with van der Waals surface area (Å²) in [6.45, 7) is 7.72. The fourth-order valence-corrected chi connectivity index (χ4v) is 2.47. The average Bonchev–Trinajstić information content (AvgIpc) is 3.04. The van der Waals surface area contributed by atoms with Crippen molar-refractivity contribution in [2.45, 2.75) is 58.4 Å². The second-order valence-corrected chi connectivity index (χ2v) is 6.41. The molecule has 0 aromatic heterocycles. The maximum atomic E-state index is 5.63. The molecule has 2 rings (SSSR count). The maximum absolute atomic E-state index is 5.63. The van der Waals surface area contributed by atoms with Gasteiger partial charge >= 0.3 is 0 Å². The van der Waals surface area contributed by atoms with Crippen molar-refractivity contribution in [3.63, 3.8) is 0 Å². The molecule has 0 spiro atoms. The van der Waals surface area contributed by atoms with Crippen LogP contribution in [0.1, 0.15) is 52.4 Å². The molecule has 0 aliphatic heterocycles. The first-order valence-corrected chi connectivity index (χ1v) is 6.97. The van der Waals surface area contributed by atoms with E-state index >= 15 is 0 Å². The summed E-state index contributed by atoms with van der Waals surface area (Å²) in [5.41, 5.74) is 0.584. The average molecular weight is 225 g/mol. The quantitative estimate of drug-likeness (QED) is 0.702. The van der Waals surface area contributed by atoms with E-state index in [-0.39, 0.29) is 0 Å². The molecular weight excluding hydrogens is 198 g/mol. The zero-order chi connectivity index (χ0) is 11.4. The van der Waals surface area contributed by atoms with E-state index in [1.165, 1.54) is 38.5 Å². The Morgan fingerprint density at radius 2 is 1.81 bits per heavy atom. The van der Waals surface area contributed by atoms with Gasteiger partial charge in [-0.25, -0.2) is 0 Å². The lowest BCUT2D eigenvalue weighted by Crippen LogP contribution is -2.37. The highest BCUT2D eigenvalue weighted by Gasteiger charge is 2.26. The van der Waals surface area contributed by atoms with Gasteiger partial charge in [0.2, 0.25) is 0 Å². The van der Waals surface area contributed by atoms with Crippen LogP contribution in [0.25, 0.3) is 0 Å². The molecule has 2 nitrogen and oxygen atoms in total. The minimum absolute atomic E-state index is 0.584. The Morgan fingerprint density at radius 1 is 1.12 bits per heavy atom. The molecule has 0 saturated heterocycles. The van der Waals surface area contributed by atoms with E-state index in [9.17, 15) is 0 Å². The van der Waals surface area contributed by atoms with Crippen LogP contribution in [0.5, 0.6) is 0 Å². The molecule has 2 aliphatic rings. The van der Waals surface area contributed by atoms with Gasteiger partial charge in [0, 0.05) is 19.2 Å². The molecule has 2 saturated carbocycles. The topological polar surface area (TPSA) is 21.3 Å². The van der Waals surface area contributed by atoms with E-state index in [4.69, 9.17) is 4.74 Å². The summed E-state index contributed by atoms with van der Waals surface area (Å²) in [6, 6.07) is 0.748. The minimum Gasteiger partial charge on any atom is -0.380 e. The highest BCUT2D eigenvalue weighted by Crippen LogP contribution is 2.34. The third-order valence-corrected chi connectivity index (χ3v) is 4.07. The molecule has 0 radical (unpaired) electrons. The standard InChI is InChI=1S/C14H27NO/c1-14(2)7-5-13(6-8-14)15-9-10-16-11-12-3-4-12/h12-13,15H,3-11H2,1-2H3. The lowest BCUT2D eigenvalue weighted by Gasteiger charge is -2.34. The third kappa shape index (κ3) is 4.42. The van der Waals surface area contributed by atoms with E-state index in [1.807, 2.05) is 0 Å². The van der Waals surface area contributed by atoms with Crippen molar-refractivity contribution >= 4 is 0 Å². The van der Waals surface area contributed by atoms with E-state index < -0.39 is 0 Å². The van der Waals surface area contributed by atoms with Crippen LogP contribution in [-0.4, -0.2) is 25.8 Å². The first-order chi connectivity index (χ1) is 7.66. The van der Waals surface area contributed by atoms with Crippen molar-refractivity contribution < 1.29 is 4.74 Å². The zero-order valence-corrected chi connectivity index (χ0v) is 10.9. The van der Waals surface area contributed by atoms with Crippen molar-refractivity contribution in [2.24, 2.45) is 11.3 Å². The predicted octanol–water partition coefficient (Wildman–Crippen LogP) is 2.97. The van der Waals surface area contributed by atoms with Crippen LogP contribution in [0.3, 0.4) is 0 Å². The summed E-state index contributed by atoms with van der Waals surface area (Å²) in [5.74, 6) is 0.899. The summed E-state index contributed by atoms with van der Waals surface area (Å²) < 4.78 is 5.63. The molecule has 0 unspecified atom stereocenters. The molecule has 1 N–H and O–H groups in total. The molecule has 2 heteroatoms. The molecule has 16 heavy (non-hydrogen) atoms. The zero-order valence-electron chi connectivity index (χ0n) is 10.9. The normalized spacial score (nSPS) is 25.9. The molecule has 2 fully saturated rings. The van der Waals surface area contributed by atoms with E-state index in [0.717, 1.165) is 31.7 Å². The molecule has 0 amide bonds. The second kappa shape index (κ2) is 5.50. The SMILES string of the molecule is CC1(C)CCC(NCCOCC2CC2)CC1. The Labute approximate surface area is 100 Å². The smallest absolute Gasteiger partial charge is 0.0591 e. The van der Waals surface area contributed by atoms with Gasteiger partial charge in [0.25, 0.3) is 0 Å². The summed E-state index contributed by atoms with van der Waals surface area (Å²) in [6.07, 6.45) is 8.21. The van der Waals surface area contributed by atoms with Gasteiger partial charge < -0.3 is 10.1 Å². The first-order valence-electron chi connectivity index (χ1n) is 6.97. The molecule has 0 aromatic rings. The van der Waals surface area contributed by atoms with Crippen molar-refractivity contribution in [1.29, 1.82) is 0 Å². The van der Waals surface area contributed by atoms with Crippen LogP contribution in [0.2, 0.25) is 0 Å². The molecular formula is C14H27NO. The van der Waals surface area contributed by atoms with Gasteiger partial charge in [-0.15, -0.1) is 0 Å². The summed E-state index contributed by atoms with van der Waals surface area (Å²) in [7, 11) is 0. The fourth-order valence-electron chi connectivity index (χ4n) is 2.47. The lowest BCUT2D eigenvalue weighted by atomic mass is 9.75. The highest BCUT2D eigenvalue weighted by molar-refractivity contribution is 4.82. The first kappa shape index (κ1) is 12.4. The molecule has 94 valence electrons. The van der Waals surface area contributed by atoms with Crippen molar-refractivity contribution in [2.75, 3.05) is 19.8 Å². The summed E-state index contributed by atoms with van der Waals surface area (Å²) in [4.78, 5) is 0. The minimum atomic E-state index is 0.584. The van der Waals surface area contributed by atoms with Crippen LogP contribution < -0.4 is 5.32 Å². The predicted molar refractivity (Wildman–Crippen MR) is 67.6 cm³/mol. The molecule has 0 bridgehead atoms. The number of rotatable bonds is 6. The van der Waals surface area contributed by atoms with Gasteiger partial charge in [-0.05, 0) is 49.9 Å². The Bertz CT molecular complexity index is 201. The molecule has 0 aromatic carbocycles. The Hall–Kier alpha value is -0.0800. The summed E-state index contributed by atoms with van der Waals surface area (Å²) in [5, 5.41) is 3.63. The molecule has 2 aliphatic carbocycles. The Kier molecular flexibility index (Phi) is 4.26. The van der Waals surface area contributed by atoms with Crippen molar-refractivity contribution in [3.05, 3.63) is 0 Å². The summed E-state index contributed by atoms with van der Waals surface area (Å²) >= 11 is 0. The largest absolute Gasteiger partial charge is 0.380 e. The highest BCUT2D eigenvalue weighted by atomic mass is 16.5. The van der Waals surface area contributed by atoms with Crippen molar-refractivity contribution in [1.82, 2.24) is 5.32 Å². The third-order valence-electron chi connectivity index (χ3n) is 4.07. The monoisotopic (exact) mass is 225 g/mol. The van der Waals surface area contributed by atoms with Crippen LogP contribution >= 0.6 is 0 Å². The number of hydrogen-bond acceptors (Lipinski definition) is 2. The van der Waals surface area contributed by atoms with Gasteiger partial charge in [0.15, 0.2) is 0 Å². The van der Waals surface area contributed by atoms with Crippen molar-refractivity contribution in [3.8, 4) is 0 Å². The number of nitrogens with one attached hydrogen (secondary N) is 1. The Balaban J connectivity index is 1.46. The van der Waals surface area contributed by atoms with Crippen LogP contribution in [0.4, 0.5) is 0 Å².